The first-order valence-electron chi connectivity index (χ1n) is 8.09. The molecule has 0 spiro atoms. The van der Waals surface area contributed by atoms with Gasteiger partial charge in [-0.2, -0.15) is 0 Å². The molecular weight excluding hydrogens is 338 g/mol. The van der Waals surface area contributed by atoms with Crippen molar-refractivity contribution in [3.63, 3.8) is 0 Å². The Morgan fingerprint density at radius 2 is 2.00 bits per heavy atom. The molecule has 5 heteroatoms. The fraction of sp³-hybridized carbons (Fsp3) is 0.250. The van der Waals surface area contributed by atoms with Gasteiger partial charge in [0.05, 0.1) is 24.8 Å². The number of halogens is 1. The third-order valence-electron chi connectivity index (χ3n) is 3.63. The Bertz CT molecular complexity index is 744. The van der Waals surface area contributed by atoms with Crippen molar-refractivity contribution < 1.29 is 14.3 Å². The van der Waals surface area contributed by atoms with Crippen LogP contribution in [0.5, 0.6) is 11.5 Å². The average molecular weight is 360 g/mol. The number of methoxy groups -OCH3 is 1. The number of amides is 1. The van der Waals surface area contributed by atoms with Crippen molar-refractivity contribution in [2.24, 2.45) is 0 Å². The highest BCUT2D eigenvalue weighted by Gasteiger charge is 2.11. The molecule has 0 saturated carbocycles. The minimum Gasteiger partial charge on any atom is -0.493 e. The van der Waals surface area contributed by atoms with Crippen LogP contribution in [0.2, 0.25) is 5.02 Å². The molecule has 4 nitrogen and oxygen atoms in total. The van der Waals surface area contributed by atoms with Gasteiger partial charge in [-0.25, -0.2) is 0 Å². The smallest absolute Gasteiger partial charge is 0.244 e. The van der Waals surface area contributed by atoms with Crippen LogP contribution in [0.3, 0.4) is 0 Å². The Morgan fingerprint density at radius 3 is 2.64 bits per heavy atom. The van der Waals surface area contributed by atoms with Crippen LogP contribution in [-0.2, 0) is 4.79 Å². The van der Waals surface area contributed by atoms with E-state index >= 15 is 0 Å². The highest BCUT2D eigenvalue weighted by Crippen LogP contribution is 2.36. The van der Waals surface area contributed by atoms with Crippen molar-refractivity contribution in [1.82, 2.24) is 5.32 Å². The van der Waals surface area contributed by atoms with E-state index in [-0.39, 0.29) is 11.9 Å². The van der Waals surface area contributed by atoms with Crippen molar-refractivity contribution in [1.29, 1.82) is 0 Å². The van der Waals surface area contributed by atoms with Gasteiger partial charge in [-0.15, -0.1) is 0 Å². The molecule has 0 heterocycles. The second-order valence-electron chi connectivity index (χ2n) is 5.44. The predicted octanol–water partition coefficient (Wildman–Crippen LogP) is 4.64. The SMILES string of the molecule is CCOc1c(Cl)cc(/C=C/C(=O)NC(C)c2ccccc2)cc1OC. The number of carbonyl (C=O) groups is 1. The third kappa shape index (κ3) is 5.26. The summed E-state index contributed by atoms with van der Waals surface area (Å²) in [6.07, 6.45) is 3.17. The van der Waals surface area contributed by atoms with E-state index in [1.807, 2.05) is 44.2 Å². The maximum absolute atomic E-state index is 12.1. The Morgan fingerprint density at radius 1 is 1.28 bits per heavy atom. The molecule has 0 saturated heterocycles. The van der Waals surface area contributed by atoms with Gasteiger partial charge < -0.3 is 14.8 Å². The topological polar surface area (TPSA) is 47.6 Å². The van der Waals surface area contributed by atoms with Gasteiger partial charge in [0.25, 0.3) is 0 Å². The van der Waals surface area contributed by atoms with Crippen LogP contribution in [-0.4, -0.2) is 19.6 Å². The second kappa shape index (κ2) is 9.14. The number of benzene rings is 2. The maximum atomic E-state index is 12.1. The van der Waals surface area contributed by atoms with Crippen molar-refractivity contribution in [2.45, 2.75) is 19.9 Å². The van der Waals surface area contributed by atoms with Crippen LogP contribution >= 0.6 is 11.6 Å². The minimum absolute atomic E-state index is 0.0724. The lowest BCUT2D eigenvalue weighted by Gasteiger charge is -2.13. The summed E-state index contributed by atoms with van der Waals surface area (Å²) >= 11 is 6.23. The molecule has 1 unspecified atom stereocenters. The summed E-state index contributed by atoms with van der Waals surface area (Å²) in [5.74, 6) is 0.860. The summed E-state index contributed by atoms with van der Waals surface area (Å²) in [7, 11) is 1.55. The van der Waals surface area contributed by atoms with Crippen molar-refractivity contribution >= 4 is 23.6 Å². The molecule has 2 aromatic rings. The summed E-state index contributed by atoms with van der Waals surface area (Å²) in [6, 6.07) is 13.2. The molecule has 1 N–H and O–H groups in total. The lowest BCUT2D eigenvalue weighted by Crippen LogP contribution is -2.24. The Kier molecular flexibility index (Phi) is 6.90. The summed E-state index contributed by atoms with van der Waals surface area (Å²) in [6.45, 7) is 4.31. The van der Waals surface area contributed by atoms with E-state index in [0.717, 1.165) is 11.1 Å². The predicted molar refractivity (Wildman–Crippen MR) is 101 cm³/mol. The highest BCUT2D eigenvalue weighted by molar-refractivity contribution is 6.32. The summed E-state index contributed by atoms with van der Waals surface area (Å²) in [5.41, 5.74) is 1.81. The average Bonchev–Trinajstić information content (AvgIpc) is 2.62. The lowest BCUT2D eigenvalue weighted by molar-refractivity contribution is -0.117. The Balaban J connectivity index is 2.08. The number of ether oxygens (including phenoxy) is 2. The van der Waals surface area contributed by atoms with Crippen LogP contribution in [0.15, 0.2) is 48.5 Å². The first-order chi connectivity index (χ1) is 12.0. The molecule has 0 bridgehead atoms. The molecular formula is C20H22ClNO3. The van der Waals surface area contributed by atoms with E-state index in [2.05, 4.69) is 5.32 Å². The van der Waals surface area contributed by atoms with Crippen LogP contribution in [0.1, 0.15) is 31.0 Å². The number of hydrogen-bond donors (Lipinski definition) is 1. The van der Waals surface area contributed by atoms with Gasteiger partial charge in [0.2, 0.25) is 5.91 Å². The van der Waals surface area contributed by atoms with E-state index in [9.17, 15) is 4.79 Å². The monoisotopic (exact) mass is 359 g/mol. The van der Waals surface area contributed by atoms with Gasteiger partial charge in [-0.05, 0) is 43.2 Å². The molecule has 1 amide bonds. The van der Waals surface area contributed by atoms with E-state index in [0.29, 0.717) is 23.1 Å². The van der Waals surface area contributed by atoms with Gasteiger partial charge >= 0.3 is 0 Å². The first-order valence-corrected chi connectivity index (χ1v) is 8.46. The van der Waals surface area contributed by atoms with Crippen molar-refractivity contribution in [2.75, 3.05) is 13.7 Å². The first kappa shape index (κ1) is 18.9. The minimum atomic E-state index is -0.180. The molecule has 0 fully saturated rings. The normalized spacial score (nSPS) is 12.0. The van der Waals surface area contributed by atoms with E-state index < -0.39 is 0 Å². The van der Waals surface area contributed by atoms with Crippen LogP contribution in [0.25, 0.3) is 6.08 Å². The van der Waals surface area contributed by atoms with Crippen molar-refractivity contribution in [3.05, 3.63) is 64.7 Å². The molecule has 0 aliphatic heterocycles. The Hall–Kier alpha value is -2.46. The Labute approximate surface area is 153 Å². The van der Waals surface area contributed by atoms with Crippen LogP contribution < -0.4 is 14.8 Å². The van der Waals surface area contributed by atoms with Crippen LogP contribution in [0, 0.1) is 0 Å². The fourth-order valence-corrected chi connectivity index (χ4v) is 2.65. The van der Waals surface area contributed by atoms with E-state index in [1.165, 1.54) is 6.08 Å². The fourth-order valence-electron chi connectivity index (χ4n) is 2.38. The van der Waals surface area contributed by atoms with Gasteiger partial charge in [-0.3, -0.25) is 4.79 Å². The molecule has 2 aromatic carbocycles. The number of nitrogens with one attached hydrogen (secondary N) is 1. The van der Waals surface area contributed by atoms with Gasteiger partial charge in [-0.1, -0.05) is 41.9 Å². The largest absolute Gasteiger partial charge is 0.493 e. The lowest BCUT2D eigenvalue weighted by atomic mass is 10.1. The summed E-state index contributed by atoms with van der Waals surface area (Å²) in [5, 5.41) is 3.37. The molecule has 0 radical (unpaired) electrons. The van der Waals surface area contributed by atoms with E-state index in [1.54, 1.807) is 25.3 Å². The number of rotatable bonds is 7. The highest BCUT2D eigenvalue weighted by atomic mass is 35.5. The second-order valence-corrected chi connectivity index (χ2v) is 5.85. The third-order valence-corrected chi connectivity index (χ3v) is 3.91. The molecule has 0 aliphatic rings. The summed E-state index contributed by atoms with van der Waals surface area (Å²) in [4.78, 5) is 12.1. The van der Waals surface area contributed by atoms with Gasteiger partial charge in [0, 0.05) is 6.08 Å². The maximum Gasteiger partial charge on any atom is 0.244 e. The zero-order chi connectivity index (χ0) is 18.2. The molecule has 2 rings (SSSR count). The molecule has 0 aliphatic carbocycles. The molecule has 0 aromatic heterocycles. The standard InChI is InChI=1S/C20H22ClNO3/c1-4-25-20-17(21)12-15(13-18(20)24-3)10-11-19(23)22-14(2)16-8-6-5-7-9-16/h5-14H,4H2,1-3H3,(H,22,23)/b11-10+. The van der Waals surface area contributed by atoms with E-state index in [4.69, 9.17) is 21.1 Å². The van der Waals surface area contributed by atoms with Crippen LogP contribution in [0.4, 0.5) is 0 Å². The zero-order valence-corrected chi connectivity index (χ0v) is 15.3. The molecule has 25 heavy (non-hydrogen) atoms. The van der Waals surface area contributed by atoms with Gasteiger partial charge in [0.15, 0.2) is 11.5 Å². The zero-order valence-electron chi connectivity index (χ0n) is 14.6. The van der Waals surface area contributed by atoms with Crippen molar-refractivity contribution in [3.8, 4) is 11.5 Å². The molecule has 1 atom stereocenters. The number of carbonyl (C=O) groups excluding carboxylic acids is 1. The number of hydrogen-bond acceptors (Lipinski definition) is 3. The quantitative estimate of drug-likeness (QED) is 0.733. The van der Waals surface area contributed by atoms with Gasteiger partial charge in [0.1, 0.15) is 0 Å². The molecule has 132 valence electrons. The summed E-state index contributed by atoms with van der Waals surface area (Å²) < 4.78 is 10.8.